The first-order valence-corrected chi connectivity index (χ1v) is 9.07. The molecule has 0 unspecified atom stereocenters. The van der Waals surface area contributed by atoms with Gasteiger partial charge in [0.2, 0.25) is 5.89 Å². The molecule has 134 valence electrons. The number of aromatic nitrogens is 1. The number of halogens is 1. The lowest BCUT2D eigenvalue weighted by Crippen LogP contribution is -2.11. The highest BCUT2D eigenvalue weighted by atomic mass is 35.5. The van der Waals surface area contributed by atoms with E-state index in [1.165, 1.54) is 5.56 Å². The Morgan fingerprint density at radius 3 is 2.67 bits per heavy atom. The van der Waals surface area contributed by atoms with E-state index in [4.69, 9.17) is 16.0 Å². The summed E-state index contributed by atoms with van der Waals surface area (Å²) in [5.41, 5.74) is 4.54. The van der Waals surface area contributed by atoms with Crippen LogP contribution in [0.5, 0.6) is 0 Å². The average molecular weight is 377 g/mol. The molecule has 4 nitrogen and oxygen atoms in total. The third kappa shape index (κ3) is 3.57. The summed E-state index contributed by atoms with van der Waals surface area (Å²) < 4.78 is 5.87. The van der Waals surface area contributed by atoms with Gasteiger partial charge in [-0.25, -0.2) is 4.98 Å². The molecule has 4 aromatic rings. The van der Waals surface area contributed by atoms with E-state index in [0.717, 1.165) is 11.9 Å². The normalized spacial score (nSPS) is 10.9. The predicted octanol–water partition coefficient (Wildman–Crippen LogP) is 5.96. The number of nitrogens with zero attached hydrogens (tertiary/aromatic N) is 1. The number of benzene rings is 3. The Morgan fingerprint density at radius 2 is 1.89 bits per heavy atom. The maximum atomic E-state index is 12.4. The Bertz CT molecular complexity index is 1120. The van der Waals surface area contributed by atoms with Crippen molar-refractivity contribution in [1.29, 1.82) is 0 Å². The molecule has 27 heavy (non-hydrogen) atoms. The fraction of sp³-hybridized carbons (Fsp3) is 0.0909. The maximum Gasteiger partial charge on any atom is 0.255 e. The van der Waals surface area contributed by atoms with Crippen molar-refractivity contribution in [3.8, 4) is 11.5 Å². The van der Waals surface area contributed by atoms with Crippen molar-refractivity contribution >= 4 is 34.3 Å². The van der Waals surface area contributed by atoms with Crippen molar-refractivity contribution in [1.82, 2.24) is 4.98 Å². The Hall–Kier alpha value is -3.11. The van der Waals surface area contributed by atoms with Gasteiger partial charge >= 0.3 is 0 Å². The number of oxazole rings is 1. The fourth-order valence-corrected chi connectivity index (χ4v) is 3.07. The fourth-order valence-electron chi connectivity index (χ4n) is 2.87. The lowest BCUT2D eigenvalue weighted by molar-refractivity contribution is 0.102. The highest BCUT2D eigenvalue weighted by Gasteiger charge is 2.14. The molecule has 1 amide bonds. The van der Waals surface area contributed by atoms with E-state index in [2.05, 4.69) is 17.2 Å². The van der Waals surface area contributed by atoms with E-state index < -0.39 is 0 Å². The number of carbonyl (C=O) groups excluding carboxylic acids is 1. The highest BCUT2D eigenvalue weighted by Crippen LogP contribution is 2.32. The van der Waals surface area contributed by atoms with Gasteiger partial charge in [0.1, 0.15) is 5.52 Å². The van der Waals surface area contributed by atoms with Gasteiger partial charge in [-0.05, 0) is 54.4 Å². The first-order valence-electron chi connectivity index (χ1n) is 8.70. The summed E-state index contributed by atoms with van der Waals surface area (Å²) in [6.07, 6.45) is 0.930. The zero-order chi connectivity index (χ0) is 18.8. The van der Waals surface area contributed by atoms with Crippen LogP contribution in [0, 0.1) is 0 Å². The lowest BCUT2D eigenvalue weighted by atomic mass is 10.1. The molecule has 5 heteroatoms. The van der Waals surface area contributed by atoms with Crippen LogP contribution >= 0.6 is 11.6 Å². The molecule has 1 aromatic heterocycles. The van der Waals surface area contributed by atoms with Crippen LogP contribution in [0.1, 0.15) is 22.8 Å². The molecule has 4 rings (SSSR count). The van der Waals surface area contributed by atoms with Crippen LogP contribution in [-0.2, 0) is 6.42 Å². The summed E-state index contributed by atoms with van der Waals surface area (Å²) >= 11 is 6.36. The molecule has 0 bridgehead atoms. The van der Waals surface area contributed by atoms with Gasteiger partial charge in [-0.1, -0.05) is 42.8 Å². The summed E-state index contributed by atoms with van der Waals surface area (Å²) in [6, 6.07) is 20.2. The second-order valence-electron chi connectivity index (χ2n) is 6.19. The van der Waals surface area contributed by atoms with E-state index in [1.807, 2.05) is 36.4 Å². The van der Waals surface area contributed by atoms with Crippen LogP contribution < -0.4 is 5.32 Å². The van der Waals surface area contributed by atoms with Gasteiger partial charge in [-0.3, -0.25) is 4.79 Å². The zero-order valence-corrected chi connectivity index (χ0v) is 15.5. The van der Waals surface area contributed by atoms with Crippen molar-refractivity contribution in [3.05, 3.63) is 82.9 Å². The standard InChI is InChI=1S/C22H17ClN2O2/c1-2-14-8-11-20-19(12-14)25-22(27-20)17-13-16(9-10-18(17)23)24-21(26)15-6-4-3-5-7-15/h3-13H,2H2,1H3,(H,24,26). The molecule has 0 atom stereocenters. The SMILES string of the molecule is CCc1ccc2oc(-c3cc(NC(=O)c4ccccc4)ccc3Cl)nc2c1. The van der Waals surface area contributed by atoms with Gasteiger partial charge in [0, 0.05) is 11.3 Å². The molecular weight excluding hydrogens is 360 g/mol. The largest absolute Gasteiger partial charge is 0.436 e. The van der Waals surface area contributed by atoms with Crippen LogP contribution in [0.3, 0.4) is 0 Å². The number of amides is 1. The summed E-state index contributed by atoms with van der Waals surface area (Å²) in [5.74, 6) is 0.244. The molecule has 3 aromatic carbocycles. The highest BCUT2D eigenvalue weighted by molar-refractivity contribution is 6.33. The maximum absolute atomic E-state index is 12.4. The van der Waals surface area contributed by atoms with Gasteiger partial charge in [0.25, 0.3) is 5.91 Å². The molecule has 0 fully saturated rings. The number of aryl methyl sites for hydroxylation is 1. The Morgan fingerprint density at radius 1 is 1.07 bits per heavy atom. The van der Waals surface area contributed by atoms with Crippen LogP contribution in [0.15, 0.2) is 71.1 Å². The number of carbonyl (C=O) groups is 1. The average Bonchev–Trinajstić information content (AvgIpc) is 3.13. The molecule has 0 aliphatic carbocycles. The van der Waals surface area contributed by atoms with Gasteiger partial charge in [-0.2, -0.15) is 0 Å². The Labute approximate surface area is 161 Å². The van der Waals surface area contributed by atoms with Gasteiger partial charge in [0.05, 0.1) is 10.6 Å². The topological polar surface area (TPSA) is 55.1 Å². The first kappa shape index (κ1) is 17.3. The summed E-state index contributed by atoms with van der Waals surface area (Å²) in [6.45, 7) is 2.10. The quantitative estimate of drug-likeness (QED) is 0.478. The lowest BCUT2D eigenvalue weighted by Gasteiger charge is -2.07. The van der Waals surface area contributed by atoms with Gasteiger partial charge < -0.3 is 9.73 Å². The molecule has 0 spiro atoms. The summed E-state index contributed by atoms with van der Waals surface area (Å²) in [7, 11) is 0. The van der Waals surface area contributed by atoms with E-state index in [-0.39, 0.29) is 5.91 Å². The number of rotatable bonds is 4. The minimum Gasteiger partial charge on any atom is -0.436 e. The number of fused-ring (bicyclic) bond motifs is 1. The molecule has 0 saturated heterocycles. The van der Waals surface area contributed by atoms with Crippen molar-refractivity contribution in [2.24, 2.45) is 0 Å². The number of hydrogen-bond acceptors (Lipinski definition) is 3. The molecule has 0 aliphatic heterocycles. The van der Waals surface area contributed by atoms with Crippen LogP contribution in [0.4, 0.5) is 5.69 Å². The van der Waals surface area contributed by atoms with Crippen LogP contribution in [0.25, 0.3) is 22.6 Å². The van der Waals surface area contributed by atoms with Crippen LogP contribution in [0.2, 0.25) is 5.02 Å². The second-order valence-corrected chi connectivity index (χ2v) is 6.60. The van der Waals surface area contributed by atoms with E-state index in [1.54, 1.807) is 30.3 Å². The summed E-state index contributed by atoms with van der Waals surface area (Å²) in [5, 5.41) is 3.39. The minimum atomic E-state index is -0.186. The molecule has 0 radical (unpaired) electrons. The van der Waals surface area contributed by atoms with Gasteiger partial charge in [-0.15, -0.1) is 0 Å². The van der Waals surface area contributed by atoms with E-state index >= 15 is 0 Å². The van der Waals surface area contributed by atoms with Crippen molar-refractivity contribution < 1.29 is 9.21 Å². The summed E-state index contributed by atoms with van der Waals surface area (Å²) in [4.78, 5) is 16.9. The van der Waals surface area contributed by atoms with Crippen molar-refractivity contribution in [3.63, 3.8) is 0 Å². The van der Waals surface area contributed by atoms with Crippen molar-refractivity contribution in [2.75, 3.05) is 5.32 Å². The number of nitrogens with one attached hydrogen (secondary N) is 1. The molecule has 0 aliphatic rings. The van der Waals surface area contributed by atoms with Crippen molar-refractivity contribution in [2.45, 2.75) is 13.3 Å². The smallest absolute Gasteiger partial charge is 0.255 e. The number of anilines is 1. The van der Waals surface area contributed by atoms with Gasteiger partial charge in [0.15, 0.2) is 5.58 Å². The molecule has 1 heterocycles. The zero-order valence-electron chi connectivity index (χ0n) is 14.7. The van der Waals surface area contributed by atoms with E-state index in [9.17, 15) is 4.79 Å². The molecular formula is C22H17ClN2O2. The Balaban J connectivity index is 1.67. The molecule has 0 saturated carbocycles. The first-order chi connectivity index (χ1) is 13.1. The number of hydrogen-bond donors (Lipinski definition) is 1. The predicted molar refractivity (Wildman–Crippen MR) is 108 cm³/mol. The van der Waals surface area contributed by atoms with Crippen LogP contribution in [-0.4, -0.2) is 10.9 Å². The van der Waals surface area contributed by atoms with E-state index in [0.29, 0.717) is 33.3 Å². The monoisotopic (exact) mass is 376 g/mol. The minimum absolute atomic E-state index is 0.186. The third-order valence-electron chi connectivity index (χ3n) is 4.35. The third-order valence-corrected chi connectivity index (χ3v) is 4.68. The Kier molecular flexibility index (Phi) is 4.65. The molecule has 1 N–H and O–H groups in total. The second kappa shape index (κ2) is 7.25.